The van der Waals surface area contributed by atoms with Crippen LogP contribution in [0.1, 0.15) is 89.6 Å². The van der Waals surface area contributed by atoms with Crippen LogP contribution in [0.25, 0.3) is 66.4 Å². The van der Waals surface area contributed by atoms with Gasteiger partial charge in [0, 0.05) is 30.7 Å². The van der Waals surface area contributed by atoms with Crippen LogP contribution in [0.2, 0.25) is 0 Å². The molecule has 0 aromatic heterocycles. The molecule has 1 heteroatoms. The van der Waals surface area contributed by atoms with Crippen molar-refractivity contribution in [2.45, 2.75) is 24.5 Å². The Morgan fingerprint density at radius 2 is 1.03 bits per heavy atom. The normalized spacial score (nSPS) is 23.0. The molecule has 296 valence electrons. The van der Waals surface area contributed by atoms with Gasteiger partial charge in [0.2, 0.25) is 0 Å². The molecule has 1 spiro atoms. The summed E-state index contributed by atoms with van der Waals surface area (Å²) in [5.41, 5.74) is -12.5. The molecule has 0 radical (unpaired) electrons. The molecule has 0 saturated heterocycles. The van der Waals surface area contributed by atoms with Gasteiger partial charge in [0.1, 0.15) is 0 Å². The fourth-order valence-corrected chi connectivity index (χ4v) is 9.63. The number of nitrogens with zero attached hydrogens (tertiary/aromatic N) is 1. The quantitative estimate of drug-likeness (QED) is 0.167. The summed E-state index contributed by atoms with van der Waals surface area (Å²) >= 11 is 0. The number of fused-ring (bicyclic) bond motifs is 14. The van der Waals surface area contributed by atoms with Crippen LogP contribution in [0, 0.1) is 0 Å². The highest BCUT2D eigenvalue weighted by Crippen LogP contribution is 2.64. The van der Waals surface area contributed by atoms with Crippen LogP contribution in [-0.4, -0.2) is 0 Å². The Labute approximate surface area is 412 Å². The van der Waals surface area contributed by atoms with Gasteiger partial charge in [-0.2, -0.15) is 0 Å². The number of para-hydroxylation sites is 1. The Bertz CT molecular complexity index is 5160. The predicted octanol–water partition coefficient (Wildman–Crippen LogP) is 16.3. The van der Waals surface area contributed by atoms with Gasteiger partial charge >= 0.3 is 0 Å². The van der Waals surface area contributed by atoms with Crippen LogP contribution < -0.4 is 4.90 Å². The first-order chi connectivity index (χ1) is 43.8. The number of hydrogen-bond acceptors (Lipinski definition) is 1. The van der Waals surface area contributed by atoms with Crippen molar-refractivity contribution < 1.29 is 42.5 Å². The third kappa shape index (κ3) is 4.94. The first kappa shape index (κ1) is 16.9. The minimum Gasteiger partial charge on any atom is -0.310 e. The molecule has 3 aliphatic carbocycles. The van der Waals surface area contributed by atoms with Crippen molar-refractivity contribution >= 4 is 27.8 Å². The minimum atomic E-state index is -3.71. The Morgan fingerprint density at radius 3 is 1.90 bits per heavy atom. The van der Waals surface area contributed by atoms with Crippen LogP contribution in [0.3, 0.4) is 0 Å². The molecule has 1 unspecified atom stereocenters. The monoisotopic (exact) mass is 833 g/mol. The van der Waals surface area contributed by atoms with E-state index in [2.05, 4.69) is 0 Å². The van der Waals surface area contributed by atoms with E-state index < -0.39 is 208 Å². The van der Waals surface area contributed by atoms with Crippen molar-refractivity contribution in [2.75, 3.05) is 4.90 Å². The lowest BCUT2D eigenvalue weighted by molar-refractivity contribution is 0.660. The topological polar surface area (TPSA) is 3.24 Å². The molecule has 0 heterocycles. The van der Waals surface area contributed by atoms with E-state index in [1.54, 1.807) is 0 Å². The third-order valence-electron chi connectivity index (χ3n) is 12.1. The average Bonchev–Trinajstić information content (AvgIpc) is 1.49. The SMILES string of the molecule is [2H]c1cc(-c2c(-c3c([2H])c([2H])c([2H])c(N(c4c([2H])cc5c(c4[2H])C(C([2H])([2H])[2H])(C([2H])([2H])[2H])c4cc([2H])c([2H])cc4-5)c4c([2H])c([2H])c([2H])c([2H])c4[2H])c3[2H])c([2H])c([2H])c3c([2H])c([2H])ccc23)c2c(c1)C1(c3ccc([2H])c([2H])c3-2)c2ccc([2H])c([2H])c2-c2c1cc([2H])c([2H])c2[2H]. The number of anilines is 3. The summed E-state index contributed by atoms with van der Waals surface area (Å²) in [6.07, 6.45) is 0. The number of hydrogen-bond donors (Lipinski definition) is 0. The summed E-state index contributed by atoms with van der Waals surface area (Å²) in [7, 11) is 0. The largest absolute Gasteiger partial charge is 0.310 e. The van der Waals surface area contributed by atoms with Gasteiger partial charge in [-0.15, -0.1) is 0 Å². The van der Waals surface area contributed by atoms with Crippen LogP contribution >= 0.6 is 0 Å². The van der Waals surface area contributed by atoms with Crippen LogP contribution in [0.15, 0.2) is 224 Å². The molecule has 1 atom stereocenters. The lowest BCUT2D eigenvalue weighted by Gasteiger charge is -2.30. The molecule has 0 bridgehead atoms. The third-order valence-corrected chi connectivity index (χ3v) is 12.1. The van der Waals surface area contributed by atoms with E-state index in [9.17, 15) is 20.6 Å². The zero-order valence-electron chi connectivity index (χ0n) is 63.4. The molecule has 63 heavy (non-hydrogen) atoms. The van der Waals surface area contributed by atoms with E-state index in [1.165, 1.54) is 48.5 Å². The second-order valence-electron chi connectivity index (χ2n) is 15.1. The highest BCUT2D eigenvalue weighted by atomic mass is 15.1. The summed E-state index contributed by atoms with van der Waals surface area (Å²) in [6.45, 7) is -7.43. The summed E-state index contributed by atoms with van der Waals surface area (Å²) in [6, 6.07) is -5.38. The van der Waals surface area contributed by atoms with E-state index in [1.807, 2.05) is 0 Å². The van der Waals surface area contributed by atoms with Crippen molar-refractivity contribution in [3.05, 3.63) is 257 Å². The summed E-state index contributed by atoms with van der Waals surface area (Å²) in [5, 5.41) is -0.628. The van der Waals surface area contributed by atoms with Gasteiger partial charge in [0.05, 0.1) is 39.7 Å². The van der Waals surface area contributed by atoms with Crippen LogP contribution in [0.5, 0.6) is 0 Å². The molecular formula is C62H43N. The average molecular weight is 833 g/mol. The maximum absolute atomic E-state index is 10.5. The van der Waals surface area contributed by atoms with Crippen molar-refractivity contribution in [2.24, 2.45) is 0 Å². The Morgan fingerprint density at radius 1 is 0.381 bits per heavy atom. The summed E-state index contributed by atoms with van der Waals surface area (Å²) in [4.78, 5) is 0.432. The maximum atomic E-state index is 10.5. The summed E-state index contributed by atoms with van der Waals surface area (Å²) in [5.74, 6) is 0. The van der Waals surface area contributed by atoms with Crippen molar-refractivity contribution in [3.8, 4) is 55.6 Å². The molecule has 10 aromatic carbocycles. The first-order valence-corrected chi connectivity index (χ1v) is 19.6. The molecule has 3 aliphatic rings. The van der Waals surface area contributed by atoms with Crippen LogP contribution in [-0.2, 0) is 10.8 Å². The highest BCUT2D eigenvalue weighted by molar-refractivity contribution is 6.10. The highest BCUT2D eigenvalue weighted by Gasteiger charge is 2.52. The fourth-order valence-electron chi connectivity index (χ4n) is 9.63. The Kier molecular flexibility index (Phi) is 3.58. The van der Waals surface area contributed by atoms with E-state index in [4.69, 9.17) is 21.9 Å². The molecule has 0 aliphatic heterocycles. The second-order valence-corrected chi connectivity index (χ2v) is 15.1. The number of rotatable bonds is 5. The van der Waals surface area contributed by atoms with Gasteiger partial charge in [0.25, 0.3) is 0 Å². The maximum Gasteiger partial charge on any atom is 0.0725 e. The van der Waals surface area contributed by atoms with Gasteiger partial charge in [-0.3, -0.25) is 0 Å². The van der Waals surface area contributed by atoms with Crippen LogP contribution in [0.4, 0.5) is 17.1 Å². The zero-order chi connectivity index (χ0) is 68.6. The van der Waals surface area contributed by atoms with E-state index in [0.717, 1.165) is 24.3 Å². The lowest BCUT2D eigenvalue weighted by Crippen LogP contribution is -2.25. The second kappa shape index (κ2) is 13.4. The summed E-state index contributed by atoms with van der Waals surface area (Å²) < 4.78 is 288. The van der Waals surface area contributed by atoms with Crippen molar-refractivity contribution in [1.29, 1.82) is 0 Å². The van der Waals surface area contributed by atoms with Gasteiger partial charge in [0.15, 0.2) is 0 Å². The lowest BCUT2D eigenvalue weighted by atomic mass is 9.70. The fraction of sp³-hybridized carbons (Fsp3) is 0.0645. The van der Waals surface area contributed by atoms with Gasteiger partial charge in [-0.1, -0.05) is 201 Å². The van der Waals surface area contributed by atoms with Gasteiger partial charge < -0.3 is 4.90 Å². The van der Waals surface area contributed by atoms with Gasteiger partial charge in [-0.05, 0) is 136 Å². The van der Waals surface area contributed by atoms with Crippen molar-refractivity contribution in [3.63, 3.8) is 0 Å². The van der Waals surface area contributed by atoms with Gasteiger partial charge in [-0.25, -0.2) is 0 Å². The molecular weight excluding hydrogens is 759 g/mol. The molecule has 0 saturated carbocycles. The molecule has 10 aromatic rings. The standard InChI is InChI=1S/C62H43N/c1-61(2)53-29-12-8-24-47(53)50-37-35-44(39-58(50)61)63(42-20-4-3-5-21-42)43-22-16-19-41(38-43)46-36-34-40-18-6-7-23-45(40)59(46)52-28-17-33-57-60(52)51-27-11-15-32-56(51)62(57)54-30-13-9-25-48(54)49-26-10-14-31-55(49)62/h3-39H,1-2H3/i1D3,2D3,3D,4D,5D,6D,8D,9D,10D,11D,12D,13D,16D,17D,18D,19D,20D,21D,22D,25D,26D,27D,34D,35D,36D,38D,39D. The molecule has 1 nitrogen and oxygen atoms in total. The minimum absolute atomic E-state index is 0.00314. The predicted molar refractivity (Wildman–Crippen MR) is 263 cm³/mol. The van der Waals surface area contributed by atoms with E-state index in [-0.39, 0.29) is 84.7 Å². The molecule has 13 rings (SSSR count). The Balaban J connectivity index is 1.22. The molecule has 0 N–H and O–H groups in total. The first-order valence-electron chi connectivity index (χ1n) is 35.1. The zero-order valence-corrected chi connectivity index (χ0v) is 32.4. The van der Waals surface area contributed by atoms with Crippen molar-refractivity contribution in [1.82, 2.24) is 0 Å². The molecule has 0 fully saturated rings. The van der Waals surface area contributed by atoms with E-state index >= 15 is 0 Å². The molecule has 0 amide bonds. The number of benzene rings is 10. The smallest absolute Gasteiger partial charge is 0.0725 e. The Hall–Kier alpha value is -7.74. The van der Waals surface area contributed by atoms with E-state index in [0.29, 0.717) is 4.90 Å².